The highest BCUT2D eigenvalue weighted by Gasteiger charge is 2.08. The molecule has 0 amide bonds. The average molecular weight is 210 g/mol. The topological polar surface area (TPSA) is 69.6 Å². The van der Waals surface area contributed by atoms with Crippen LogP contribution in [0.2, 0.25) is 5.02 Å². The van der Waals surface area contributed by atoms with Gasteiger partial charge in [-0.2, -0.15) is 9.78 Å². The molecule has 14 heavy (non-hydrogen) atoms. The average Bonchev–Trinajstić information content (AvgIpc) is 2.66. The third-order valence-electron chi connectivity index (χ3n) is 1.74. The van der Waals surface area contributed by atoms with Crippen molar-refractivity contribution in [3.05, 3.63) is 35.5 Å². The van der Waals surface area contributed by atoms with Crippen LogP contribution in [0.4, 0.5) is 0 Å². The lowest BCUT2D eigenvalue weighted by molar-refractivity contribution is 0.769. The van der Waals surface area contributed by atoms with Gasteiger partial charge in [0.2, 0.25) is 0 Å². The van der Waals surface area contributed by atoms with Crippen LogP contribution in [-0.2, 0) is 6.54 Å². The predicted octanol–water partition coefficient (Wildman–Crippen LogP) is 0.774. The minimum absolute atomic E-state index is 0.299. The van der Waals surface area contributed by atoms with E-state index in [2.05, 4.69) is 15.1 Å². The molecule has 0 atom stereocenters. The minimum Gasteiger partial charge on any atom is -0.324 e. The zero-order valence-electron chi connectivity index (χ0n) is 7.26. The fourth-order valence-corrected chi connectivity index (χ4v) is 1.32. The summed E-state index contributed by atoms with van der Waals surface area (Å²) in [5, 5.41) is 4.52. The molecule has 2 rings (SSSR count). The highest BCUT2D eigenvalue weighted by Crippen LogP contribution is 2.16. The van der Waals surface area contributed by atoms with Gasteiger partial charge in [0, 0.05) is 6.20 Å². The van der Waals surface area contributed by atoms with Crippen molar-refractivity contribution in [3.63, 3.8) is 0 Å². The van der Waals surface area contributed by atoms with Gasteiger partial charge in [-0.15, -0.1) is 0 Å². The van der Waals surface area contributed by atoms with E-state index < -0.39 is 0 Å². The molecule has 2 aromatic heterocycles. The van der Waals surface area contributed by atoms with Gasteiger partial charge in [0.1, 0.15) is 12.2 Å². The Kier molecular flexibility index (Phi) is 2.43. The van der Waals surface area contributed by atoms with Crippen LogP contribution in [0.5, 0.6) is 0 Å². The van der Waals surface area contributed by atoms with Crippen LogP contribution in [-0.4, -0.2) is 19.7 Å². The lowest BCUT2D eigenvalue weighted by Gasteiger charge is -2.04. The molecular formula is C8H8ClN5. The number of rotatable bonds is 2. The van der Waals surface area contributed by atoms with Gasteiger partial charge in [0.15, 0.2) is 5.82 Å². The summed E-state index contributed by atoms with van der Waals surface area (Å²) in [5.41, 5.74) is 5.49. The van der Waals surface area contributed by atoms with Gasteiger partial charge in [0.25, 0.3) is 0 Å². The van der Waals surface area contributed by atoms with Gasteiger partial charge in [-0.1, -0.05) is 11.6 Å². The van der Waals surface area contributed by atoms with Crippen LogP contribution < -0.4 is 5.73 Å². The van der Waals surface area contributed by atoms with Crippen molar-refractivity contribution in [2.45, 2.75) is 6.54 Å². The van der Waals surface area contributed by atoms with Gasteiger partial charge in [-0.25, -0.2) is 9.97 Å². The molecule has 5 nitrogen and oxygen atoms in total. The van der Waals surface area contributed by atoms with Crippen molar-refractivity contribution in [1.29, 1.82) is 0 Å². The summed E-state index contributed by atoms with van der Waals surface area (Å²) in [4.78, 5) is 8.08. The van der Waals surface area contributed by atoms with Gasteiger partial charge in [-0.05, 0) is 12.1 Å². The van der Waals surface area contributed by atoms with Crippen LogP contribution in [0.15, 0.2) is 24.7 Å². The summed E-state index contributed by atoms with van der Waals surface area (Å²) in [6, 6.07) is 3.50. The first-order chi connectivity index (χ1) is 6.83. The number of aromatic nitrogens is 4. The number of pyridine rings is 1. The third kappa shape index (κ3) is 1.47. The van der Waals surface area contributed by atoms with E-state index in [-0.39, 0.29) is 0 Å². The molecule has 0 aromatic carbocycles. The number of nitrogens with zero attached hydrogens (tertiary/aromatic N) is 4. The fourth-order valence-electron chi connectivity index (χ4n) is 1.11. The molecular weight excluding hydrogens is 202 g/mol. The van der Waals surface area contributed by atoms with E-state index in [1.165, 1.54) is 11.0 Å². The first kappa shape index (κ1) is 9.11. The molecule has 0 fully saturated rings. The molecule has 0 saturated heterocycles. The SMILES string of the molecule is NCc1ncnn1-c1ncccc1Cl. The predicted molar refractivity (Wildman–Crippen MR) is 52.1 cm³/mol. The Morgan fingerprint density at radius 1 is 1.43 bits per heavy atom. The second kappa shape index (κ2) is 3.73. The Hall–Kier alpha value is -1.46. The Bertz CT molecular complexity index is 439. The Morgan fingerprint density at radius 2 is 2.29 bits per heavy atom. The summed E-state index contributed by atoms with van der Waals surface area (Å²) in [7, 11) is 0. The molecule has 0 unspecified atom stereocenters. The van der Waals surface area contributed by atoms with Gasteiger partial charge in [-0.3, -0.25) is 0 Å². The zero-order chi connectivity index (χ0) is 9.97. The molecule has 0 aliphatic heterocycles. The Morgan fingerprint density at radius 3 is 3.00 bits per heavy atom. The van der Waals surface area contributed by atoms with Crippen molar-refractivity contribution >= 4 is 11.6 Å². The number of nitrogens with two attached hydrogens (primary N) is 1. The van der Waals surface area contributed by atoms with Gasteiger partial charge in [0.05, 0.1) is 11.6 Å². The maximum Gasteiger partial charge on any atom is 0.174 e. The summed E-state index contributed by atoms with van der Waals surface area (Å²) in [6.07, 6.45) is 3.07. The van der Waals surface area contributed by atoms with Crippen molar-refractivity contribution in [3.8, 4) is 5.82 Å². The second-order valence-corrected chi connectivity index (χ2v) is 3.01. The quantitative estimate of drug-likeness (QED) is 0.794. The van der Waals surface area contributed by atoms with Crippen LogP contribution in [0.25, 0.3) is 5.82 Å². The monoisotopic (exact) mass is 209 g/mol. The molecule has 6 heteroatoms. The lowest BCUT2D eigenvalue weighted by atomic mass is 10.4. The number of halogens is 1. The summed E-state index contributed by atoms with van der Waals surface area (Å²) < 4.78 is 1.53. The molecule has 0 aliphatic carbocycles. The van der Waals surface area contributed by atoms with E-state index in [1.54, 1.807) is 18.3 Å². The Balaban J connectivity index is 2.54. The lowest BCUT2D eigenvalue weighted by Crippen LogP contribution is -2.09. The maximum absolute atomic E-state index is 5.95. The molecule has 0 saturated carbocycles. The van der Waals surface area contributed by atoms with Crippen LogP contribution in [0.1, 0.15) is 5.82 Å². The van der Waals surface area contributed by atoms with Gasteiger partial charge >= 0.3 is 0 Å². The molecule has 0 radical (unpaired) electrons. The largest absolute Gasteiger partial charge is 0.324 e. The number of hydrogen-bond acceptors (Lipinski definition) is 4. The number of hydrogen-bond donors (Lipinski definition) is 1. The third-order valence-corrected chi connectivity index (χ3v) is 2.04. The normalized spacial score (nSPS) is 10.4. The molecule has 72 valence electrons. The van der Waals surface area contributed by atoms with Crippen LogP contribution >= 0.6 is 11.6 Å². The highest BCUT2D eigenvalue weighted by molar-refractivity contribution is 6.32. The summed E-state index contributed by atoms with van der Waals surface area (Å²) in [5.74, 6) is 1.18. The van der Waals surface area contributed by atoms with E-state index in [9.17, 15) is 0 Å². The van der Waals surface area contributed by atoms with E-state index in [0.717, 1.165) is 0 Å². The molecule has 0 spiro atoms. The standard InChI is InChI=1S/C8H8ClN5/c9-6-2-1-3-11-8(6)14-7(4-10)12-5-13-14/h1-3,5H,4,10H2. The Labute approximate surface area is 85.5 Å². The van der Waals surface area contributed by atoms with Crippen molar-refractivity contribution < 1.29 is 0 Å². The molecule has 2 aromatic rings. The van der Waals surface area contributed by atoms with E-state index in [4.69, 9.17) is 17.3 Å². The fraction of sp³-hybridized carbons (Fsp3) is 0.125. The zero-order valence-corrected chi connectivity index (χ0v) is 8.02. The summed E-state index contributed by atoms with van der Waals surface area (Å²) in [6.45, 7) is 0.299. The minimum atomic E-state index is 0.299. The van der Waals surface area contributed by atoms with Crippen LogP contribution in [0, 0.1) is 0 Å². The highest BCUT2D eigenvalue weighted by atomic mass is 35.5. The van der Waals surface area contributed by atoms with Gasteiger partial charge < -0.3 is 5.73 Å². The second-order valence-electron chi connectivity index (χ2n) is 2.60. The first-order valence-corrected chi connectivity index (χ1v) is 4.40. The maximum atomic E-state index is 5.95. The molecule has 2 heterocycles. The smallest absolute Gasteiger partial charge is 0.174 e. The van der Waals surface area contributed by atoms with Crippen molar-refractivity contribution in [2.24, 2.45) is 5.73 Å². The molecule has 0 aliphatic rings. The first-order valence-electron chi connectivity index (χ1n) is 4.03. The van der Waals surface area contributed by atoms with Crippen molar-refractivity contribution in [2.75, 3.05) is 0 Å². The van der Waals surface area contributed by atoms with E-state index in [1.807, 2.05) is 0 Å². The summed E-state index contributed by atoms with van der Waals surface area (Å²) >= 11 is 5.95. The molecule has 0 bridgehead atoms. The van der Waals surface area contributed by atoms with E-state index >= 15 is 0 Å². The van der Waals surface area contributed by atoms with Crippen molar-refractivity contribution in [1.82, 2.24) is 19.7 Å². The van der Waals surface area contributed by atoms with Crippen LogP contribution in [0.3, 0.4) is 0 Å². The molecule has 2 N–H and O–H groups in total. The van der Waals surface area contributed by atoms with E-state index in [0.29, 0.717) is 23.2 Å².